The molecule has 1 N–H and O–H groups in total. The molecule has 0 saturated heterocycles. The Balaban J connectivity index is 1.52. The van der Waals surface area contributed by atoms with Crippen LogP contribution in [0, 0.1) is 6.92 Å². The summed E-state index contributed by atoms with van der Waals surface area (Å²) in [5, 5.41) is 7.59. The van der Waals surface area contributed by atoms with Gasteiger partial charge in [0, 0.05) is 32.8 Å². The third kappa shape index (κ3) is 2.63. The molecule has 1 atom stereocenters. The predicted octanol–water partition coefficient (Wildman–Crippen LogP) is 1.82. The van der Waals surface area contributed by atoms with Crippen molar-refractivity contribution in [3.8, 4) is 5.75 Å². The number of aryl methyl sites for hydroxylation is 2. The van der Waals surface area contributed by atoms with Gasteiger partial charge in [-0.15, -0.1) is 0 Å². The fraction of sp³-hybridized carbons (Fsp3) is 0.400. The topological polar surface area (TPSA) is 39.1 Å². The normalized spacial score (nSPS) is 17.3. The number of benzene rings is 1. The van der Waals surface area contributed by atoms with Gasteiger partial charge in [0.25, 0.3) is 0 Å². The highest BCUT2D eigenvalue weighted by Gasteiger charge is 2.22. The molecule has 1 aromatic heterocycles. The average molecular weight is 257 g/mol. The molecule has 1 aliphatic rings. The summed E-state index contributed by atoms with van der Waals surface area (Å²) in [4.78, 5) is 0. The van der Waals surface area contributed by atoms with Gasteiger partial charge in [0.15, 0.2) is 0 Å². The summed E-state index contributed by atoms with van der Waals surface area (Å²) in [6, 6.07) is 8.42. The molecule has 4 nitrogen and oxygen atoms in total. The SMILES string of the molecule is Cc1ccc2c(c1)CC(CNCc1ccnn1C)O2. The Labute approximate surface area is 113 Å². The van der Waals surface area contributed by atoms with Crippen LogP contribution in [-0.2, 0) is 20.0 Å². The minimum absolute atomic E-state index is 0.241. The van der Waals surface area contributed by atoms with E-state index >= 15 is 0 Å². The Morgan fingerprint density at radius 3 is 3.11 bits per heavy atom. The summed E-state index contributed by atoms with van der Waals surface area (Å²) in [5.41, 5.74) is 3.81. The standard InChI is InChI=1S/C15H19N3O/c1-11-3-4-15-12(7-11)8-14(19-15)10-16-9-13-5-6-17-18(13)2/h3-7,14,16H,8-10H2,1-2H3. The van der Waals surface area contributed by atoms with Gasteiger partial charge >= 0.3 is 0 Å². The molecule has 0 aliphatic carbocycles. The van der Waals surface area contributed by atoms with Gasteiger partial charge in [-0.3, -0.25) is 4.68 Å². The Morgan fingerprint density at radius 2 is 2.32 bits per heavy atom. The average Bonchev–Trinajstić information content (AvgIpc) is 2.95. The van der Waals surface area contributed by atoms with Crippen molar-refractivity contribution in [1.82, 2.24) is 15.1 Å². The van der Waals surface area contributed by atoms with Crippen LogP contribution in [0.1, 0.15) is 16.8 Å². The quantitative estimate of drug-likeness (QED) is 0.908. The summed E-state index contributed by atoms with van der Waals surface area (Å²) in [6.07, 6.45) is 3.06. The molecule has 19 heavy (non-hydrogen) atoms. The number of fused-ring (bicyclic) bond motifs is 1. The van der Waals surface area contributed by atoms with Gasteiger partial charge in [0.2, 0.25) is 0 Å². The Morgan fingerprint density at radius 1 is 1.42 bits per heavy atom. The van der Waals surface area contributed by atoms with E-state index in [1.807, 2.05) is 24.0 Å². The smallest absolute Gasteiger partial charge is 0.123 e. The van der Waals surface area contributed by atoms with Crippen LogP contribution in [0.2, 0.25) is 0 Å². The molecule has 2 heterocycles. The number of nitrogens with zero attached hydrogens (tertiary/aromatic N) is 2. The Bertz CT molecular complexity index is 577. The summed E-state index contributed by atoms with van der Waals surface area (Å²) in [7, 11) is 1.96. The van der Waals surface area contributed by atoms with Gasteiger partial charge in [-0.1, -0.05) is 17.7 Å². The molecule has 1 aliphatic heterocycles. The molecule has 1 aromatic carbocycles. The zero-order valence-electron chi connectivity index (χ0n) is 11.4. The highest BCUT2D eigenvalue weighted by Crippen LogP contribution is 2.29. The molecule has 3 rings (SSSR count). The van der Waals surface area contributed by atoms with Crippen LogP contribution < -0.4 is 10.1 Å². The van der Waals surface area contributed by atoms with Crippen molar-refractivity contribution in [3.05, 3.63) is 47.3 Å². The van der Waals surface area contributed by atoms with Crippen LogP contribution in [0.4, 0.5) is 0 Å². The maximum absolute atomic E-state index is 5.93. The third-order valence-electron chi connectivity index (χ3n) is 3.56. The van der Waals surface area contributed by atoms with Crippen molar-refractivity contribution in [1.29, 1.82) is 0 Å². The lowest BCUT2D eigenvalue weighted by Crippen LogP contribution is -2.30. The summed E-state index contributed by atoms with van der Waals surface area (Å²) >= 11 is 0. The maximum atomic E-state index is 5.93. The number of aromatic nitrogens is 2. The van der Waals surface area contributed by atoms with Crippen molar-refractivity contribution in [2.75, 3.05) is 6.54 Å². The number of rotatable bonds is 4. The second kappa shape index (κ2) is 5.05. The molecule has 0 radical (unpaired) electrons. The molecular formula is C15H19N3O. The number of nitrogens with one attached hydrogen (secondary N) is 1. The van der Waals surface area contributed by atoms with E-state index in [9.17, 15) is 0 Å². The lowest BCUT2D eigenvalue weighted by molar-refractivity contribution is 0.227. The molecular weight excluding hydrogens is 238 g/mol. The molecule has 0 bridgehead atoms. The predicted molar refractivity (Wildman–Crippen MR) is 74.2 cm³/mol. The lowest BCUT2D eigenvalue weighted by Gasteiger charge is -2.11. The van der Waals surface area contributed by atoms with E-state index in [2.05, 4.69) is 35.5 Å². The van der Waals surface area contributed by atoms with Crippen LogP contribution >= 0.6 is 0 Å². The van der Waals surface area contributed by atoms with Crippen molar-refractivity contribution in [3.63, 3.8) is 0 Å². The highest BCUT2D eigenvalue weighted by molar-refractivity contribution is 5.40. The minimum atomic E-state index is 0.241. The molecule has 0 fully saturated rings. The highest BCUT2D eigenvalue weighted by atomic mass is 16.5. The van der Waals surface area contributed by atoms with Crippen LogP contribution in [0.3, 0.4) is 0 Å². The second-order valence-corrected chi connectivity index (χ2v) is 5.13. The van der Waals surface area contributed by atoms with E-state index in [1.54, 1.807) is 0 Å². The van der Waals surface area contributed by atoms with Gasteiger partial charge in [-0.2, -0.15) is 5.10 Å². The van der Waals surface area contributed by atoms with Crippen LogP contribution in [0.15, 0.2) is 30.5 Å². The van der Waals surface area contributed by atoms with Gasteiger partial charge in [-0.25, -0.2) is 0 Å². The monoisotopic (exact) mass is 257 g/mol. The first-order chi connectivity index (χ1) is 9.22. The molecule has 2 aromatic rings. The largest absolute Gasteiger partial charge is 0.488 e. The molecule has 4 heteroatoms. The van der Waals surface area contributed by atoms with Crippen LogP contribution in [-0.4, -0.2) is 22.4 Å². The molecule has 0 spiro atoms. The zero-order chi connectivity index (χ0) is 13.2. The fourth-order valence-corrected chi connectivity index (χ4v) is 2.50. The fourth-order valence-electron chi connectivity index (χ4n) is 2.50. The second-order valence-electron chi connectivity index (χ2n) is 5.13. The van der Waals surface area contributed by atoms with E-state index in [1.165, 1.54) is 16.8 Å². The minimum Gasteiger partial charge on any atom is -0.488 e. The van der Waals surface area contributed by atoms with Crippen molar-refractivity contribution in [2.45, 2.75) is 26.0 Å². The Hall–Kier alpha value is -1.81. The van der Waals surface area contributed by atoms with E-state index < -0.39 is 0 Å². The number of hydrogen-bond acceptors (Lipinski definition) is 3. The van der Waals surface area contributed by atoms with Gasteiger partial charge in [0.1, 0.15) is 11.9 Å². The third-order valence-corrected chi connectivity index (χ3v) is 3.56. The first-order valence-corrected chi connectivity index (χ1v) is 6.66. The van der Waals surface area contributed by atoms with E-state index in [-0.39, 0.29) is 6.10 Å². The summed E-state index contributed by atoms with van der Waals surface area (Å²) in [5.74, 6) is 1.04. The van der Waals surface area contributed by atoms with E-state index in [0.29, 0.717) is 0 Å². The molecule has 100 valence electrons. The summed E-state index contributed by atoms with van der Waals surface area (Å²) in [6.45, 7) is 3.80. The molecule has 1 unspecified atom stereocenters. The lowest BCUT2D eigenvalue weighted by atomic mass is 10.1. The Kier molecular flexibility index (Phi) is 3.25. The molecule has 0 amide bonds. The van der Waals surface area contributed by atoms with E-state index in [0.717, 1.165) is 25.3 Å². The van der Waals surface area contributed by atoms with Gasteiger partial charge < -0.3 is 10.1 Å². The van der Waals surface area contributed by atoms with Gasteiger partial charge in [0.05, 0.1) is 5.69 Å². The van der Waals surface area contributed by atoms with Crippen LogP contribution in [0.5, 0.6) is 5.75 Å². The van der Waals surface area contributed by atoms with E-state index in [4.69, 9.17) is 4.74 Å². The number of hydrogen-bond donors (Lipinski definition) is 1. The van der Waals surface area contributed by atoms with Crippen molar-refractivity contribution in [2.24, 2.45) is 7.05 Å². The van der Waals surface area contributed by atoms with Gasteiger partial charge in [-0.05, 0) is 24.6 Å². The van der Waals surface area contributed by atoms with Crippen molar-refractivity contribution >= 4 is 0 Å². The first kappa shape index (κ1) is 12.2. The summed E-state index contributed by atoms with van der Waals surface area (Å²) < 4.78 is 7.82. The van der Waals surface area contributed by atoms with Crippen LogP contribution in [0.25, 0.3) is 0 Å². The first-order valence-electron chi connectivity index (χ1n) is 6.66. The number of ether oxygens (including phenoxy) is 1. The van der Waals surface area contributed by atoms with Crippen molar-refractivity contribution < 1.29 is 4.74 Å². The maximum Gasteiger partial charge on any atom is 0.123 e. The molecule has 0 saturated carbocycles. The zero-order valence-corrected chi connectivity index (χ0v) is 11.4.